The Hall–Kier alpha value is -0.548. The van der Waals surface area contributed by atoms with Crippen LogP contribution < -0.4 is 0 Å². The summed E-state index contributed by atoms with van der Waals surface area (Å²) in [5.74, 6) is 0. The zero-order valence-corrected chi connectivity index (χ0v) is 11.4. The Kier molecular flexibility index (Phi) is 4.61. The van der Waals surface area contributed by atoms with Gasteiger partial charge in [-0.05, 0) is 6.07 Å². The van der Waals surface area contributed by atoms with Crippen molar-refractivity contribution >= 4 is 43.1 Å². The van der Waals surface area contributed by atoms with Gasteiger partial charge in [0.25, 0.3) is 5.69 Å². The Morgan fingerprint density at radius 1 is 1.29 bits per heavy atom. The second-order valence-electron chi connectivity index (χ2n) is 2.20. The minimum Gasteiger partial charge on any atom is -0.282 e. The topological polar surface area (TPSA) is 97.5 Å². The first-order chi connectivity index (χ1) is 5.93. The third-order valence-corrected chi connectivity index (χ3v) is 2.24. The normalized spacial score (nSPS) is 10.4. The molecule has 1 aromatic carbocycles. The van der Waals surface area contributed by atoms with Crippen LogP contribution in [-0.2, 0) is 10.1 Å². The summed E-state index contributed by atoms with van der Waals surface area (Å²) in [5, 5.41) is 10.3. The average molecular weight is 410 g/mol. The molecule has 0 amide bonds. The van der Waals surface area contributed by atoms with Crippen LogP contribution in [0.25, 0.3) is 0 Å². The van der Waals surface area contributed by atoms with E-state index in [1.807, 2.05) is 0 Å². The fourth-order valence-electron chi connectivity index (χ4n) is 0.826. The van der Waals surface area contributed by atoms with E-state index in [0.29, 0.717) is 0 Å². The molecule has 0 saturated heterocycles. The van der Waals surface area contributed by atoms with E-state index in [9.17, 15) is 18.5 Å². The van der Waals surface area contributed by atoms with Crippen molar-refractivity contribution in [2.24, 2.45) is 0 Å². The van der Waals surface area contributed by atoms with E-state index in [1.54, 1.807) is 0 Å². The summed E-state index contributed by atoms with van der Waals surface area (Å²) in [6.07, 6.45) is 0. The quantitative estimate of drug-likeness (QED) is 0.331. The molecule has 0 fully saturated rings. The zero-order valence-electron chi connectivity index (χ0n) is 6.75. The smallest absolute Gasteiger partial charge is 0.282 e. The number of hydrogen-bond acceptors (Lipinski definition) is 4. The van der Waals surface area contributed by atoms with Crippen molar-refractivity contribution < 1.29 is 17.9 Å². The molecule has 6 nitrogen and oxygen atoms in total. The Morgan fingerprint density at radius 3 is 2.14 bits per heavy atom. The molecule has 0 aromatic heterocycles. The monoisotopic (exact) mass is 411 g/mol. The fourth-order valence-corrected chi connectivity index (χ4v) is 1.48. The first-order valence-corrected chi connectivity index (χ1v) is 4.58. The summed E-state index contributed by atoms with van der Waals surface area (Å²) in [4.78, 5) is 8.73. The summed E-state index contributed by atoms with van der Waals surface area (Å²) in [7, 11) is -4.52. The third kappa shape index (κ3) is 2.99. The molecule has 0 aliphatic rings. The number of rotatable bonds is 2. The van der Waals surface area contributed by atoms with Gasteiger partial charge in [-0.25, -0.2) is 0 Å². The van der Waals surface area contributed by atoms with E-state index in [0.717, 1.165) is 12.1 Å². The molecule has 8 heteroatoms. The van der Waals surface area contributed by atoms with Gasteiger partial charge >= 0.3 is 10.1 Å². The number of hydrogen-bond donors (Lipinski definition) is 1. The molecule has 0 atom stereocenters. The summed E-state index contributed by atoms with van der Waals surface area (Å²) < 4.78 is 29.8. The van der Waals surface area contributed by atoms with E-state index in [1.165, 1.54) is 12.1 Å². The molecule has 0 heterocycles. The molecule has 1 aromatic rings. The van der Waals surface area contributed by atoms with Gasteiger partial charge in [-0.3, -0.25) is 14.7 Å². The third-order valence-electron chi connectivity index (χ3n) is 1.34. The fraction of sp³-hybridized carbons (Fsp3) is 0. The maximum Gasteiger partial charge on any atom is 0.301 e. The number of para-hydroxylation sites is 1. The van der Waals surface area contributed by atoms with Crippen LogP contribution in [0.2, 0.25) is 0 Å². The van der Waals surface area contributed by atoms with Gasteiger partial charge < -0.3 is 0 Å². The second-order valence-corrected chi connectivity index (χ2v) is 3.59. The van der Waals surface area contributed by atoms with E-state index in [4.69, 9.17) is 4.55 Å². The van der Waals surface area contributed by atoms with Crippen LogP contribution in [0.5, 0.6) is 0 Å². The first kappa shape index (κ1) is 13.5. The molecule has 0 saturated carbocycles. The SMILES string of the molecule is O=[N+]([O-])c1ccccc1S(=O)(=O)O.[Pb]. The van der Waals surface area contributed by atoms with Crippen molar-refractivity contribution in [3.63, 3.8) is 0 Å². The molecule has 14 heavy (non-hydrogen) atoms. The molecular formula is C6H5NO5PbS. The Bertz CT molecular complexity index is 443. The summed E-state index contributed by atoms with van der Waals surface area (Å²) >= 11 is 0. The maximum atomic E-state index is 10.6. The molecule has 0 unspecified atom stereocenters. The molecule has 0 bridgehead atoms. The van der Waals surface area contributed by atoms with Crippen LogP contribution in [0.3, 0.4) is 0 Å². The van der Waals surface area contributed by atoms with Crippen molar-refractivity contribution in [3.8, 4) is 0 Å². The summed E-state index contributed by atoms with van der Waals surface area (Å²) in [6, 6.07) is 4.57. The van der Waals surface area contributed by atoms with E-state index in [-0.39, 0.29) is 27.3 Å². The van der Waals surface area contributed by atoms with Crippen molar-refractivity contribution in [2.45, 2.75) is 4.90 Å². The van der Waals surface area contributed by atoms with Gasteiger partial charge in [-0.15, -0.1) is 0 Å². The summed E-state index contributed by atoms with van der Waals surface area (Å²) in [5.41, 5.74) is -0.634. The van der Waals surface area contributed by atoms with Crippen LogP contribution in [0, 0.1) is 10.1 Å². The van der Waals surface area contributed by atoms with Gasteiger partial charge in [0.1, 0.15) is 0 Å². The van der Waals surface area contributed by atoms with Gasteiger partial charge in [-0.2, -0.15) is 8.42 Å². The molecular weight excluding hydrogens is 405 g/mol. The van der Waals surface area contributed by atoms with Gasteiger partial charge in [-0.1, -0.05) is 12.1 Å². The number of nitrogens with zero attached hydrogens (tertiary/aromatic N) is 1. The van der Waals surface area contributed by atoms with Gasteiger partial charge in [0.2, 0.25) is 0 Å². The average Bonchev–Trinajstić information content (AvgIpc) is 2.03. The molecule has 74 valence electrons. The first-order valence-electron chi connectivity index (χ1n) is 3.14. The van der Waals surface area contributed by atoms with E-state index >= 15 is 0 Å². The van der Waals surface area contributed by atoms with Gasteiger partial charge in [0.05, 0.1) is 4.92 Å². The van der Waals surface area contributed by atoms with Crippen molar-refractivity contribution in [3.05, 3.63) is 34.4 Å². The number of benzene rings is 1. The van der Waals surface area contributed by atoms with E-state index in [2.05, 4.69) is 0 Å². The zero-order chi connectivity index (χ0) is 10.1. The van der Waals surface area contributed by atoms with Crippen molar-refractivity contribution in [1.82, 2.24) is 0 Å². The summed E-state index contributed by atoms with van der Waals surface area (Å²) in [6.45, 7) is 0. The standard InChI is InChI=1S/C6H5NO5S.Pb/c8-7(9)5-3-1-2-4-6(5)13(10,11)12;/h1-4H,(H,10,11,12);. The van der Waals surface area contributed by atoms with Crippen LogP contribution in [0.4, 0.5) is 5.69 Å². The van der Waals surface area contributed by atoms with Crippen LogP contribution >= 0.6 is 0 Å². The molecule has 0 aliphatic heterocycles. The van der Waals surface area contributed by atoms with Gasteiger partial charge in [0, 0.05) is 33.4 Å². The predicted octanol–water partition coefficient (Wildman–Crippen LogP) is 0.461. The van der Waals surface area contributed by atoms with Crippen molar-refractivity contribution in [2.75, 3.05) is 0 Å². The Balaban J connectivity index is 0.00000169. The van der Waals surface area contributed by atoms with Crippen LogP contribution in [-0.4, -0.2) is 45.2 Å². The van der Waals surface area contributed by atoms with E-state index < -0.39 is 25.6 Å². The minimum absolute atomic E-state index is 0. The predicted molar refractivity (Wildman–Crippen MR) is 48.7 cm³/mol. The molecule has 4 radical (unpaired) electrons. The van der Waals surface area contributed by atoms with Gasteiger partial charge in [0.15, 0.2) is 4.90 Å². The Morgan fingerprint density at radius 2 is 1.79 bits per heavy atom. The second kappa shape index (κ2) is 4.80. The van der Waals surface area contributed by atoms with Crippen LogP contribution in [0.15, 0.2) is 29.2 Å². The molecule has 0 spiro atoms. The minimum atomic E-state index is -4.52. The maximum absolute atomic E-state index is 10.6. The molecule has 1 rings (SSSR count). The largest absolute Gasteiger partial charge is 0.301 e. The Labute approximate surface area is 100.0 Å². The molecule has 1 N–H and O–H groups in total. The van der Waals surface area contributed by atoms with Crippen molar-refractivity contribution in [1.29, 1.82) is 0 Å². The number of nitro groups is 1. The van der Waals surface area contributed by atoms with Crippen LogP contribution in [0.1, 0.15) is 0 Å². The number of nitro benzene ring substituents is 1. The molecule has 0 aliphatic carbocycles.